The number of carbonyl (C=O) groups is 1. The molecule has 0 saturated carbocycles. The van der Waals surface area contributed by atoms with Crippen LogP contribution in [0.25, 0.3) is 0 Å². The van der Waals surface area contributed by atoms with E-state index in [0.717, 1.165) is 64.2 Å². The molecular weight excluding hydrogens is 697 g/mol. The van der Waals surface area contributed by atoms with Gasteiger partial charge < -0.3 is 20.1 Å². The van der Waals surface area contributed by atoms with Gasteiger partial charge in [0.15, 0.2) is 6.10 Å². The highest BCUT2D eigenvalue weighted by Gasteiger charge is 2.25. The second-order valence-corrected chi connectivity index (χ2v) is 14.6. The summed E-state index contributed by atoms with van der Waals surface area (Å²) in [5, 5.41) is 0. The van der Waals surface area contributed by atoms with Gasteiger partial charge in [0.1, 0.15) is 6.61 Å². The Labute approximate surface area is 330 Å². The summed E-state index contributed by atoms with van der Waals surface area (Å²) in [5.41, 5.74) is 5.35. The van der Waals surface area contributed by atoms with E-state index in [2.05, 4.69) is 86.8 Å². The molecule has 0 aliphatic carbocycles. The van der Waals surface area contributed by atoms with Crippen molar-refractivity contribution in [2.75, 3.05) is 26.4 Å². The molecule has 3 N–H and O–H groups in total. The highest BCUT2D eigenvalue weighted by atomic mass is 31.2. The lowest BCUT2D eigenvalue weighted by Gasteiger charge is -2.19. The SMILES string of the molecule is CCC=CCC=CCC=CCC=CCC=CCC=CCCC(=O)O[C@H](COC=CCCCCCCC=CCCCCCCCC)COP(=O)(O)OCCN. The molecule has 54 heavy (non-hydrogen) atoms. The summed E-state index contributed by atoms with van der Waals surface area (Å²) in [5.74, 6) is -0.441. The molecule has 2 atom stereocenters. The molecule has 0 saturated heterocycles. The molecule has 0 radical (unpaired) electrons. The van der Waals surface area contributed by atoms with Crippen molar-refractivity contribution in [2.45, 2.75) is 155 Å². The van der Waals surface area contributed by atoms with Gasteiger partial charge in [-0.15, -0.1) is 0 Å². The number of phosphoric ester groups is 1. The van der Waals surface area contributed by atoms with Crippen LogP contribution < -0.4 is 5.73 Å². The van der Waals surface area contributed by atoms with Crippen molar-refractivity contribution >= 4 is 13.8 Å². The normalized spacial score (nSPS) is 14.4. The maximum Gasteiger partial charge on any atom is 0.472 e. The maximum absolute atomic E-state index is 12.5. The Hall–Kier alpha value is -2.74. The number of phosphoric acid groups is 1. The van der Waals surface area contributed by atoms with Crippen LogP contribution in [-0.2, 0) is 27.9 Å². The summed E-state index contributed by atoms with van der Waals surface area (Å²) < 4.78 is 33.0. The predicted octanol–water partition coefficient (Wildman–Crippen LogP) is 12.6. The number of hydrogen-bond donors (Lipinski definition) is 2. The van der Waals surface area contributed by atoms with Crippen LogP contribution in [-0.4, -0.2) is 43.3 Å². The fraction of sp³-hybridized carbons (Fsp3) is 0.622. The van der Waals surface area contributed by atoms with Crippen LogP contribution in [0, 0.1) is 0 Å². The number of nitrogens with two attached hydrogens (primary N) is 1. The number of hydrogen-bond acceptors (Lipinski definition) is 7. The fourth-order valence-electron chi connectivity index (χ4n) is 5.04. The highest BCUT2D eigenvalue weighted by molar-refractivity contribution is 7.47. The molecule has 8 nitrogen and oxygen atoms in total. The van der Waals surface area contributed by atoms with Crippen LogP contribution in [0.2, 0.25) is 0 Å². The second-order valence-electron chi connectivity index (χ2n) is 13.2. The van der Waals surface area contributed by atoms with E-state index in [9.17, 15) is 14.3 Å². The van der Waals surface area contributed by atoms with Crippen molar-refractivity contribution in [2.24, 2.45) is 5.73 Å². The van der Waals surface area contributed by atoms with Gasteiger partial charge in [0, 0.05) is 13.0 Å². The summed E-state index contributed by atoms with van der Waals surface area (Å²) in [6, 6.07) is 0. The molecule has 0 rings (SSSR count). The second kappa shape index (κ2) is 41.4. The van der Waals surface area contributed by atoms with Gasteiger partial charge in [-0.2, -0.15) is 0 Å². The molecule has 9 heteroatoms. The summed E-state index contributed by atoms with van der Waals surface area (Å²) >= 11 is 0. The first-order chi connectivity index (χ1) is 26.4. The molecule has 0 heterocycles. The quantitative estimate of drug-likeness (QED) is 0.0209. The molecule has 0 aliphatic rings. The first-order valence-electron chi connectivity index (χ1n) is 20.8. The van der Waals surface area contributed by atoms with Crippen molar-refractivity contribution in [1.82, 2.24) is 0 Å². The van der Waals surface area contributed by atoms with E-state index in [-0.39, 0.29) is 32.8 Å². The van der Waals surface area contributed by atoms with Gasteiger partial charge in [0.2, 0.25) is 0 Å². The van der Waals surface area contributed by atoms with E-state index in [1.54, 1.807) is 6.26 Å². The Kier molecular flexibility index (Phi) is 39.3. The molecule has 308 valence electrons. The zero-order valence-corrected chi connectivity index (χ0v) is 34.8. The standard InChI is InChI=1S/C45H76NO7P/c1-3-5-7-9-11-13-15-17-19-21-22-23-24-26-28-30-32-34-36-38-45(47)53-44(43-52-54(48,49)51-41-39-46)42-50-40-37-35-33-31-29-27-25-20-18-16-14-12-10-8-6-4-2/h5,7,11,13,17-20,22-23,26,28,32,34,37,40,44H,3-4,6,8-10,12,14-16,21,24-25,27,29-31,33,35-36,38-39,41-43,46H2,1-2H3,(H,48,49)/t44-/m1/s1. The zero-order valence-electron chi connectivity index (χ0n) is 33.9. The Balaban J connectivity index is 4.29. The average Bonchev–Trinajstić information content (AvgIpc) is 3.16. The van der Waals surface area contributed by atoms with E-state index in [1.165, 1.54) is 57.8 Å². The van der Waals surface area contributed by atoms with Gasteiger partial charge >= 0.3 is 13.8 Å². The molecule has 0 fully saturated rings. The molecule has 0 aromatic rings. The molecule has 0 aromatic heterocycles. The lowest BCUT2D eigenvalue weighted by atomic mass is 10.1. The van der Waals surface area contributed by atoms with Crippen molar-refractivity contribution in [1.29, 1.82) is 0 Å². The van der Waals surface area contributed by atoms with Crippen LogP contribution in [0.1, 0.15) is 149 Å². The minimum atomic E-state index is -4.32. The lowest BCUT2D eigenvalue weighted by molar-refractivity contribution is -0.153. The molecule has 0 aromatic carbocycles. The molecule has 1 unspecified atom stereocenters. The molecular formula is C45H76NO7P. The largest absolute Gasteiger partial charge is 0.498 e. The minimum absolute atomic E-state index is 0.00981. The number of allylic oxidation sites excluding steroid dienone is 15. The number of unbranched alkanes of at least 4 members (excludes halogenated alkanes) is 11. The van der Waals surface area contributed by atoms with Gasteiger partial charge in [-0.25, -0.2) is 4.57 Å². The molecule has 0 spiro atoms. The fourth-order valence-corrected chi connectivity index (χ4v) is 5.80. The molecule has 0 bridgehead atoms. The monoisotopic (exact) mass is 774 g/mol. The number of esters is 1. The third-order valence-corrected chi connectivity index (χ3v) is 9.05. The van der Waals surface area contributed by atoms with Crippen molar-refractivity contribution < 1.29 is 32.8 Å². The van der Waals surface area contributed by atoms with Crippen LogP contribution in [0.3, 0.4) is 0 Å². The predicted molar refractivity (Wildman–Crippen MR) is 228 cm³/mol. The minimum Gasteiger partial charge on any atom is -0.498 e. The van der Waals surface area contributed by atoms with Crippen molar-refractivity contribution in [3.8, 4) is 0 Å². The third-order valence-electron chi connectivity index (χ3n) is 8.06. The van der Waals surface area contributed by atoms with Gasteiger partial charge in [-0.05, 0) is 89.5 Å². The van der Waals surface area contributed by atoms with Gasteiger partial charge in [0.05, 0.1) is 19.5 Å². The van der Waals surface area contributed by atoms with Crippen molar-refractivity contribution in [3.05, 3.63) is 97.4 Å². The van der Waals surface area contributed by atoms with Gasteiger partial charge in [-0.3, -0.25) is 13.8 Å². The zero-order chi connectivity index (χ0) is 39.5. The Morgan fingerprint density at radius 3 is 1.57 bits per heavy atom. The first kappa shape index (κ1) is 51.3. The number of rotatable bonds is 38. The Morgan fingerprint density at radius 2 is 1.06 bits per heavy atom. The first-order valence-corrected chi connectivity index (χ1v) is 22.3. The topological polar surface area (TPSA) is 117 Å². The van der Waals surface area contributed by atoms with Gasteiger partial charge in [-0.1, -0.05) is 144 Å². The summed E-state index contributed by atoms with van der Waals surface area (Å²) in [6.07, 6.45) is 55.3. The highest BCUT2D eigenvalue weighted by Crippen LogP contribution is 2.43. The van der Waals surface area contributed by atoms with E-state index in [0.29, 0.717) is 6.42 Å². The van der Waals surface area contributed by atoms with Crippen LogP contribution in [0.4, 0.5) is 0 Å². The van der Waals surface area contributed by atoms with E-state index in [4.69, 9.17) is 24.3 Å². The smallest absolute Gasteiger partial charge is 0.472 e. The summed E-state index contributed by atoms with van der Waals surface area (Å²) in [7, 11) is -4.32. The Morgan fingerprint density at radius 1 is 0.593 bits per heavy atom. The van der Waals surface area contributed by atoms with Crippen molar-refractivity contribution in [3.63, 3.8) is 0 Å². The average molecular weight is 774 g/mol. The van der Waals surface area contributed by atoms with Gasteiger partial charge in [0.25, 0.3) is 0 Å². The molecule has 0 aliphatic heterocycles. The number of ether oxygens (including phenoxy) is 2. The lowest BCUT2D eigenvalue weighted by Crippen LogP contribution is -2.27. The summed E-state index contributed by atoms with van der Waals surface area (Å²) in [4.78, 5) is 22.4. The van der Waals surface area contributed by atoms with Crippen LogP contribution in [0.15, 0.2) is 97.4 Å². The molecule has 0 amide bonds. The maximum atomic E-state index is 12.5. The van der Waals surface area contributed by atoms with E-state index >= 15 is 0 Å². The number of carbonyl (C=O) groups excluding carboxylic acids is 1. The van der Waals surface area contributed by atoms with E-state index < -0.39 is 19.9 Å². The van der Waals surface area contributed by atoms with Crippen LogP contribution in [0.5, 0.6) is 0 Å². The Bertz CT molecular complexity index is 1140. The van der Waals surface area contributed by atoms with E-state index in [1.807, 2.05) is 18.2 Å². The third kappa shape index (κ3) is 40.4. The van der Waals surface area contributed by atoms with Crippen LogP contribution >= 0.6 is 7.82 Å². The summed E-state index contributed by atoms with van der Waals surface area (Å²) in [6.45, 7) is 4.00.